The Morgan fingerprint density at radius 1 is 1.18 bits per heavy atom. The van der Waals surface area contributed by atoms with Crippen LogP contribution in [0.3, 0.4) is 0 Å². The summed E-state index contributed by atoms with van der Waals surface area (Å²) in [5.41, 5.74) is 1.09. The number of carbonyl (C=O) groups is 1. The van der Waals surface area contributed by atoms with Crippen LogP contribution < -0.4 is 10.1 Å². The lowest BCUT2D eigenvalue weighted by Gasteiger charge is -2.21. The van der Waals surface area contributed by atoms with Crippen molar-refractivity contribution >= 4 is 17.5 Å². The Bertz CT molecular complexity index is 615. The summed E-state index contributed by atoms with van der Waals surface area (Å²) in [6.45, 7) is 3.77. The molecule has 22 heavy (non-hydrogen) atoms. The maximum absolute atomic E-state index is 12.3. The van der Waals surface area contributed by atoms with Gasteiger partial charge in [0.2, 0.25) is 0 Å². The second-order valence-electron chi connectivity index (χ2n) is 5.10. The zero-order chi connectivity index (χ0) is 15.9. The summed E-state index contributed by atoms with van der Waals surface area (Å²) in [6, 6.07) is 16.9. The lowest BCUT2D eigenvalue weighted by Crippen LogP contribution is -2.38. The fourth-order valence-corrected chi connectivity index (χ4v) is 2.37. The zero-order valence-corrected chi connectivity index (χ0v) is 13.5. The van der Waals surface area contributed by atoms with Crippen molar-refractivity contribution in [3.05, 3.63) is 65.2 Å². The van der Waals surface area contributed by atoms with Crippen LogP contribution in [-0.4, -0.2) is 12.0 Å². The van der Waals surface area contributed by atoms with Crippen LogP contribution in [0.15, 0.2) is 54.6 Å². The maximum Gasteiger partial charge on any atom is 0.261 e. The highest BCUT2D eigenvalue weighted by atomic mass is 35.5. The molecule has 1 N–H and O–H groups in total. The van der Waals surface area contributed by atoms with E-state index in [2.05, 4.69) is 5.32 Å². The quantitative estimate of drug-likeness (QED) is 0.859. The van der Waals surface area contributed by atoms with Crippen LogP contribution >= 0.6 is 11.6 Å². The summed E-state index contributed by atoms with van der Waals surface area (Å²) in [5.74, 6) is 0.443. The third-order valence-corrected chi connectivity index (χ3v) is 3.64. The molecule has 0 aliphatic heterocycles. The monoisotopic (exact) mass is 317 g/mol. The Hall–Kier alpha value is -2.00. The lowest BCUT2D eigenvalue weighted by atomic mass is 10.0. The number of ether oxygens (including phenoxy) is 1. The normalized spacial score (nSPS) is 13.2. The summed E-state index contributed by atoms with van der Waals surface area (Å²) in [4.78, 5) is 12.3. The largest absolute Gasteiger partial charge is 0.481 e. The number of benzene rings is 2. The average Bonchev–Trinajstić information content (AvgIpc) is 2.53. The summed E-state index contributed by atoms with van der Waals surface area (Å²) < 4.78 is 5.64. The smallest absolute Gasteiger partial charge is 0.261 e. The molecule has 0 bridgehead atoms. The number of nitrogens with one attached hydrogen (secondary N) is 1. The minimum Gasteiger partial charge on any atom is -0.481 e. The van der Waals surface area contributed by atoms with Gasteiger partial charge in [0.1, 0.15) is 5.75 Å². The highest BCUT2D eigenvalue weighted by Crippen LogP contribution is 2.19. The highest BCUT2D eigenvalue weighted by Gasteiger charge is 2.19. The van der Waals surface area contributed by atoms with Gasteiger partial charge in [0.15, 0.2) is 6.10 Å². The van der Waals surface area contributed by atoms with E-state index in [1.54, 1.807) is 31.2 Å². The van der Waals surface area contributed by atoms with Gasteiger partial charge in [-0.25, -0.2) is 0 Å². The standard InChI is InChI=1S/C18H20ClNO2/c1-3-17(14-8-5-4-6-9-14)20-18(21)13(2)22-16-11-7-10-15(19)12-16/h4-13,17H,3H2,1-2H3,(H,20,21)/t13-,17+/m1/s1. The van der Waals surface area contributed by atoms with E-state index in [0.717, 1.165) is 12.0 Å². The molecule has 4 heteroatoms. The maximum atomic E-state index is 12.3. The van der Waals surface area contributed by atoms with Gasteiger partial charge < -0.3 is 10.1 Å². The molecule has 2 aromatic rings. The van der Waals surface area contributed by atoms with Gasteiger partial charge in [-0.05, 0) is 37.1 Å². The molecule has 0 aliphatic rings. The zero-order valence-electron chi connectivity index (χ0n) is 12.8. The summed E-state index contributed by atoms with van der Waals surface area (Å²) in [5, 5.41) is 3.60. The first-order valence-corrected chi connectivity index (χ1v) is 7.75. The summed E-state index contributed by atoms with van der Waals surface area (Å²) >= 11 is 5.91. The Morgan fingerprint density at radius 2 is 1.91 bits per heavy atom. The van der Waals surface area contributed by atoms with Gasteiger partial charge in [0.05, 0.1) is 6.04 Å². The van der Waals surface area contributed by atoms with Crippen molar-refractivity contribution in [2.24, 2.45) is 0 Å². The molecule has 1 amide bonds. The molecule has 0 aromatic heterocycles. The number of rotatable bonds is 6. The van der Waals surface area contributed by atoms with Crippen molar-refractivity contribution in [3.8, 4) is 5.75 Å². The molecular weight excluding hydrogens is 298 g/mol. The van der Waals surface area contributed by atoms with Crippen LogP contribution in [0, 0.1) is 0 Å². The first kappa shape index (κ1) is 16.4. The topological polar surface area (TPSA) is 38.3 Å². The van der Waals surface area contributed by atoms with Crippen LogP contribution in [0.25, 0.3) is 0 Å². The van der Waals surface area contributed by atoms with Crippen LogP contribution in [0.1, 0.15) is 31.9 Å². The molecule has 2 aromatic carbocycles. The third-order valence-electron chi connectivity index (χ3n) is 3.40. The van der Waals surface area contributed by atoms with E-state index < -0.39 is 6.10 Å². The van der Waals surface area contributed by atoms with Crippen molar-refractivity contribution in [1.82, 2.24) is 5.32 Å². The van der Waals surface area contributed by atoms with Crippen LogP contribution in [0.4, 0.5) is 0 Å². The highest BCUT2D eigenvalue weighted by molar-refractivity contribution is 6.30. The van der Waals surface area contributed by atoms with Gasteiger partial charge in [0.25, 0.3) is 5.91 Å². The molecule has 116 valence electrons. The van der Waals surface area contributed by atoms with Crippen LogP contribution in [0.5, 0.6) is 5.75 Å². The van der Waals surface area contributed by atoms with Gasteiger partial charge in [-0.3, -0.25) is 4.79 Å². The molecule has 2 rings (SSSR count). The number of halogens is 1. The minimum absolute atomic E-state index is 0.0147. The Morgan fingerprint density at radius 3 is 2.55 bits per heavy atom. The second-order valence-corrected chi connectivity index (χ2v) is 5.53. The van der Waals surface area contributed by atoms with Crippen LogP contribution in [0.2, 0.25) is 5.02 Å². The fourth-order valence-electron chi connectivity index (χ4n) is 2.19. The van der Waals surface area contributed by atoms with Gasteiger partial charge in [-0.2, -0.15) is 0 Å². The summed E-state index contributed by atoms with van der Waals surface area (Å²) in [6.07, 6.45) is 0.232. The number of hydrogen-bond donors (Lipinski definition) is 1. The summed E-state index contributed by atoms with van der Waals surface area (Å²) in [7, 11) is 0. The van der Waals surface area contributed by atoms with E-state index in [9.17, 15) is 4.79 Å². The average molecular weight is 318 g/mol. The van der Waals surface area contributed by atoms with E-state index in [1.807, 2.05) is 37.3 Å². The second kappa shape index (κ2) is 7.85. The van der Waals surface area contributed by atoms with Gasteiger partial charge >= 0.3 is 0 Å². The number of hydrogen-bond acceptors (Lipinski definition) is 2. The molecule has 0 spiro atoms. The molecule has 0 saturated heterocycles. The molecule has 0 saturated carbocycles. The Balaban J connectivity index is 1.98. The fraction of sp³-hybridized carbons (Fsp3) is 0.278. The third kappa shape index (κ3) is 4.50. The molecule has 3 nitrogen and oxygen atoms in total. The predicted molar refractivity (Wildman–Crippen MR) is 89.2 cm³/mol. The molecular formula is C18H20ClNO2. The van der Waals surface area contributed by atoms with E-state index in [0.29, 0.717) is 10.8 Å². The minimum atomic E-state index is -0.587. The Kier molecular flexibility index (Phi) is 5.84. The first-order valence-electron chi connectivity index (χ1n) is 7.37. The molecule has 2 atom stereocenters. The molecule has 0 radical (unpaired) electrons. The predicted octanol–water partition coefficient (Wildman–Crippen LogP) is 4.37. The van der Waals surface area contributed by atoms with Gasteiger partial charge in [-0.15, -0.1) is 0 Å². The SMILES string of the molecule is CC[C@H](NC(=O)[C@@H](C)Oc1cccc(Cl)c1)c1ccccc1. The molecule has 0 unspecified atom stereocenters. The van der Waals surface area contributed by atoms with E-state index in [4.69, 9.17) is 16.3 Å². The molecule has 0 fully saturated rings. The lowest BCUT2D eigenvalue weighted by molar-refractivity contribution is -0.128. The van der Waals surface area contributed by atoms with Crippen molar-refractivity contribution < 1.29 is 9.53 Å². The first-order chi connectivity index (χ1) is 10.6. The van der Waals surface area contributed by atoms with Crippen molar-refractivity contribution in [3.63, 3.8) is 0 Å². The van der Waals surface area contributed by atoms with E-state index >= 15 is 0 Å². The van der Waals surface area contributed by atoms with Gasteiger partial charge in [-0.1, -0.05) is 54.9 Å². The van der Waals surface area contributed by atoms with Gasteiger partial charge in [0, 0.05) is 5.02 Å². The Labute approximate surface area is 136 Å². The molecule has 0 heterocycles. The number of carbonyl (C=O) groups excluding carboxylic acids is 1. The molecule has 0 aliphatic carbocycles. The van der Waals surface area contributed by atoms with Crippen LogP contribution in [-0.2, 0) is 4.79 Å². The van der Waals surface area contributed by atoms with E-state index in [1.165, 1.54) is 0 Å². The van der Waals surface area contributed by atoms with Crippen molar-refractivity contribution in [1.29, 1.82) is 0 Å². The number of amides is 1. The van der Waals surface area contributed by atoms with E-state index in [-0.39, 0.29) is 11.9 Å². The van der Waals surface area contributed by atoms with Crippen molar-refractivity contribution in [2.45, 2.75) is 32.4 Å². The van der Waals surface area contributed by atoms with Crippen molar-refractivity contribution in [2.75, 3.05) is 0 Å².